The molecule has 0 radical (unpaired) electrons. The van der Waals surface area contributed by atoms with Gasteiger partial charge in [0.25, 0.3) is 0 Å². The molecule has 116 valence electrons. The van der Waals surface area contributed by atoms with E-state index in [0.717, 1.165) is 45.1 Å². The maximum absolute atomic E-state index is 11.1. The van der Waals surface area contributed by atoms with Gasteiger partial charge in [-0.1, -0.05) is 59.1 Å². The van der Waals surface area contributed by atoms with Crippen molar-refractivity contribution in [3.63, 3.8) is 0 Å². The predicted octanol–water partition coefficient (Wildman–Crippen LogP) is 4.24. The number of ether oxygens (including phenoxy) is 1. The zero-order valence-electron chi connectivity index (χ0n) is 12.6. The molecule has 0 aromatic heterocycles. The summed E-state index contributed by atoms with van der Waals surface area (Å²) in [5.74, 6) is 0. The lowest BCUT2D eigenvalue weighted by molar-refractivity contribution is -0.0661. The normalized spacial score (nSPS) is 35.0. The number of unbranched alkanes of at least 4 members (excludes halogenated alkanes) is 2. The number of epoxide rings is 1. The molecule has 3 atom stereocenters. The van der Waals surface area contributed by atoms with Crippen LogP contribution in [-0.4, -0.2) is 27.7 Å². The molecule has 1 aliphatic carbocycles. The lowest BCUT2D eigenvalue weighted by Crippen LogP contribution is -2.55. The summed E-state index contributed by atoms with van der Waals surface area (Å²) in [6, 6.07) is 10.6. The summed E-state index contributed by atoms with van der Waals surface area (Å²) in [7, 11) is 0. The van der Waals surface area contributed by atoms with Crippen molar-refractivity contribution in [2.45, 2.75) is 67.4 Å². The average molecular weight is 353 g/mol. The van der Waals surface area contributed by atoms with E-state index in [1.165, 1.54) is 18.4 Å². The topological polar surface area (TPSA) is 32.8 Å². The first kappa shape index (κ1) is 15.5. The minimum Gasteiger partial charge on any atom is -0.386 e. The first-order chi connectivity index (χ1) is 10.2. The molecule has 1 heterocycles. The van der Waals surface area contributed by atoms with E-state index in [1.54, 1.807) is 0 Å². The van der Waals surface area contributed by atoms with Crippen LogP contribution in [0.4, 0.5) is 0 Å². The molecular weight excluding hydrogens is 328 g/mol. The van der Waals surface area contributed by atoms with Crippen molar-refractivity contribution in [3.8, 4) is 0 Å². The van der Waals surface area contributed by atoms with Crippen LogP contribution in [0.5, 0.6) is 0 Å². The molecule has 1 aromatic carbocycles. The second kappa shape index (κ2) is 6.39. The Balaban J connectivity index is 1.44. The quantitative estimate of drug-likeness (QED) is 0.471. The summed E-state index contributed by atoms with van der Waals surface area (Å²) in [5.41, 5.74) is 0.533. The first-order valence-electron chi connectivity index (χ1n) is 8.21. The van der Waals surface area contributed by atoms with Crippen molar-refractivity contribution < 1.29 is 9.84 Å². The van der Waals surface area contributed by atoms with Crippen LogP contribution in [0.25, 0.3) is 0 Å². The maximum Gasteiger partial charge on any atom is 0.121 e. The van der Waals surface area contributed by atoms with Crippen molar-refractivity contribution >= 4 is 15.9 Å². The van der Waals surface area contributed by atoms with E-state index in [9.17, 15) is 5.11 Å². The van der Waals surface area contributed by atoms with Gasteiger partial charge < -0.3 is 9.84 Å². The molecule has 21 heavy (non-hydrogen) atoms. The lowest BCUT2D eigenvalue weighted by Gasteiger charge is -2.42. The summed E-state index contributed by atoms with van der Waals surface area (Å²) < 4.78 is 5.67. The minimum atomic E-state index is -0.655. The van der Waals surface area contributed by atoms with Gasteiger partial charge in [-0.2, -0.15) is 0 Å². The van der Waals surface area contributed by atoms with Gasteiger partial charge in [-0.05, 0) is 44.1 Å². The number of aliphatic hydroxyl groups is 1. The van der Waals surface area contributed by atoms with E-state index in [-0.39, 0.29) is 10.4 Å². The minimum absolute atomic E-state index is 0.190. The fourth-order valence-corrected chi connectivity index (χ4v) is 4.69. The van der Waals surface area contributed by atoms with Crippen LogP contribution in [0, 0.1) is 0 Å². The summed E-state index contributed by atoms with van der Waals surface area (Å²) in [6.07, 6.45) is 8.69. The molecule has 1 spiro atoms. The van der Waals surface area contributed by atoms with Gasteiger partial charge in [0.2, 0.25) is 0 Å². The Bertz CT molecular complexity index is 458. The second-order valence-corrected chi connectivity index (χ2v) is 7.72. The third kappa shape index (κ3) is 3.20. The van der Waals surface area contributed by atoms with Gasteiger partial charge in [-0.15, -0.1) is 0 Å². The van der Waals surface area contributed by atoms with Gasteiger partial charge in [0.05, 0.1) is 6.61 Å². The molecule has 2 aliphatic rings. The number of rotatable bonds is 6. The summed E-state index contributed by atoms with van der Waals surface area (Å²) in [5, 5.41) is 11.1. The van der Waals surface area contributed by atoms with E-state index >= 15 is 0 Å². The molecule has 1 aliphatic heterocycles. The van der Waals surface area contributed by atoms with E-state index in [1.807, 2.05) is 0 Å². The number of aryl methyl sites for hydroxylation is 1. The lowest BCUT2D eigenvalue weighted by atomic mass is 9.72. The molecular formula is C18H25BrO2. The Kier molecular flexibility index (Phi) is 4.72. The molecule has 3 rings (SSSR count). The van der Waals surface area contributed by atoms with Crippen LogP contribution in [0.2, 0.25) is 0 Å². The van der Waals surface area contributed by atoms with Crippen LogP contribution < -0.4 is 0 Å². The van der Waals surface area contributed by atoms with E-state index in [4.69, 9.17) is 4.74 Å². The van der Waals surface area contributed by atoms with Crippen molar-refractivity contribution in [1.29, 1.82) is 0 Å². The van der Waals surface area contributed by atoms with Crippen LogP contribution in [-0.2, 0) is 11.2 Å². The summed E-state index contributed by atoms with van der Waals surface area (Å²) >= 11 is 3.70. The van der Waals surface area contributed by atoms with E-state index < -0.39 is 5.60 Å². The van der Waals surface area contributed by atoms with Crippen molar-refractivity contribution in [1.82, 2.24) is 0 Å². The molecule has 0 amide bonds. The van der Waals surface area contributed by atoms with Crippen LogP contribution >= 0.6 is 15.9 Å². The second-order valence-electron chi connectivity index (χ2n) is 6.61. The molecule has 1 saturated carbocycles. The third-order valence-corrected chi connectivity index (χ3v) is 6.42. The van der Waals surface area contributed by atoms with Crippen LogP contribution in [0.1, 0.15) is 50.5 Å². The Morgan fingerprint density at radius 1 is 1.19 bits per heavy atom. The number of hydrogen-bond acceptors (Lipinski definition) is 2. The van der Waals surface area contributed by atoms with Gasteiger partial charge in [-0.3, -0.25) is 0 Å². The average Bonchev–Trinajstić information content (AvgIpc) is 3.27. The number of benzene rings is 1. The fraction of sp³-hybridized carbons (Fsp3) is 0.667. The predicted molar refractivity (Wildman–Crippen MR) is 88.8 cm³/mol. The monoisotopic (exact) mass is 352 g/mol. The Morgan fingerprint density at radius 2 is 1.95 bits per heavy atom. The highest BCUT2D eigenvalue weighted by Gasteiger charge is 2.64. The van der Waals surface area contributed by atoms with Crippen molar-refractivity contribution in [2.75, 3.05) is 6.61 Å². The first-order valence-corrected chi connectivity index (χ1v) is 9.12. The summed E-state index contributed by atoms with van der Waals surface area (Å²) in [6.45, 7) is 0.746. The molecule has 2 fully saturated rings. The van der Waals surface area contributed by atoms with Gasteiger partial charge in [0, 0.05) is 4.83 Å². The molecule has 1 N–H and O–H groups in total. The maximum atomic E-state index is 11.1. The highest BCUT2D eigenvalue weighted by molar-refractivity contribution is 9.09. The van der Waals surface area contributed by atoms with E-state index in [0.29, 0.717) is 0 Å². The highest BCUT2D eigenvalue weighted by atomic mass is 79.9. The van der Waals surface area contributed by atoms with Gasteiger partial charge in [0.1, 0.15) is 11.2 Å². The number of alkyl halides is 1. The van der Waals surface area contributed by atoms with Crippen molar-refractivity contribution in [3.05, 3.63) is 35.9 Å². The highest BCUT2D eigenvalue weighted by Crippen LogP contribution is 2.53. The number of halogens is 1. The Labute approximate surface area is 136 Å². The van der Waals surface area contributed by atoms with Gasteiger partial charge in [0.15, 0.2) is 0 Å². The SMILES string of the molecule is OC1(CCCCCc2ccccc2)C(Br)CCCC12CO2. The zero-order valence-corrected chi connectivity index (χ0v) is 14.1. The van der Waals surface area contributed by atoms with Gasteiger partial charge in [-0.25, -0.2) is 0 Å². The molecule has 1 saturated heterocycles. The molecule has 3 unspecified atom stereocenters. The summed E-state index contributed by atoms with van der Waals surface area (Å²) in [4.78, 5) is 0.190. The molecule has 1 aromatic rings. The zero-order chi connectivity index (χ0) is 14.8. The standard InChI is InChI=1S/C18H25BrO2/c19-16-11-7-12-17(14-21-17)18(16,20)13-6-2-5-10-15-8-3-1-4-9-15/h1,3-4,8-9,16,20H,2,5-7,10-14H2. The molecule has 3 heteroatoms. The van der Waals surface area contributed by atoms with Crippen molar-refractivity contribution in [2.24, 2.45) is 0 Å². The molecule has 2 nitrogen and oxygen atoms in total. The fourth-order valence-electron chi connectivity index (χ4n) is 3.72. The van der Waals surface area contributed by atoms with Crippen LogP contribution in [0.15, 0.2) is 30.3 Å². The smallest absolute Gasteiger partial charge is 0.121 e. The largest absolute Gasteiger partial charge is 0.386 e. The van der Waals surface area contributed by atoms with E-state index in [2.05, 4.69) is 46.3 Å². The number of hydrogen-bond donors (Lipinski definition) is 1. The van der Waals surface area contributed by atoms with Crippen LogP contribution in [0.3, 0.4) is 0 Å². The Morgan fingerprint density at radius 3 is 2.67 bits per heavy atom. The Hall–Kier alpha value is -0.380. The van der Waals surface area contributed by atoms with Gasteiger partial charge >= 0.3 is 0 Å². The third-order valence-electron chi connectivity index (χ3n) is 5.20. The molecule has 0 bridgehead atoms.